The van der Waals surface area contributed by atoms with E-state index in [4.69, 9.17) is 16.3 Å². The minimum atomic E-state index is -0.735. The van der Waals surface area contributed by atoms with Crippen molar-refractivity contribution in [2.75, 3.05) is 19.1 Å². The van der Waals surface area contributed by atoms with Crippen molar-refractivity contribution in [3.63, 3.8) is 0 Å². The predicted octanol–water partition coefficient (Wildman–Crippen LogP) is 2.60. The van der Waals surface area contributed by atoms with Crippen molar-refractivity contribution in [2.45, 2.75) is 25.9 Å². The molecule has 1 aromatic carbocycles. The Labute approximate surface area is 116 Å². The third-order valence-electron chi connectivity index (χ3n) is 2.76. The second-order valence-electron chi connectivity index (χ2n) is 4.27. The number of ether oxygens (including phenoxy) is 1. The zero-order valence-corrected chi connectivity index (χ0v) is 12.6. The first-order chi connectivity index (χ1) is 8.54. The van der Waals surface area contributed by atoms with E-state index in [2.05, 4.69) is 12.2 Å². The lowest BCUT2D eigenvalue weighted by Crippen LogP contribution is -2.27. The summed E-state index contributed by atoms with van der Waals surface area (Å²) in [5.74, 6) is 1.51. The fraction of sp³-hybridized carbons (Fsp3) is 0.538. The highest BCUT2D eigenvalue weighted by atomic mass is 35.5. The summed E-state index contributed by atoms with van der Waals surface area (Å²) < 4.78 is 16.3. The van der Waals surface area contributed by atoms with Gasteiger partial charge in [0.25, 0.3) is 0 Å². The van der Waals surface area contributed by atoms with Crippen molar-refractivity contribution in [1.82, 2.24) is 5.32 Å². The monoisotopic (exact) mass is 289 g/mol. The van der Waals surface area contributed by atoms with Crippen molar-refractivity contribution in [3.05, 3.63) is 28.8 Å². The lowest BCUT2D eigenvalue weighted by Gasteiger charge is -2.15. The van der Waals surface area contributed by atoms with E-state index in [9.17, 15) is 4.21 Å². The van der Waals surface area contributed by atoms with E-state index in [1.54, 1.807) is 13.4 Å². The second kappa shape index (κ2) is 7.77. The van der Waals surface area contributed by atoms with Gasteiger partial charge < -0.3 is 10.1 Å². The lowest BCUT2D eigenvalue weighted by atomic mass is 10.1. The predicted molar refractivity (Wildman–Crippen MR) is 77.9 cm³/mol. The number of rotatable bonds is 7. The molecule has 3 nitrogen and oxygen atoms in total. The van der Waals surface area contributed by atoms with Crippen molar-refractivity contribution >= 4 is 22.4 Å². The third-order valence-corrected chi connectivity index (χ3v) is 3.93. The highest BCUT2D eigenvalue weighted by Crippen LogP contribution is 2.25. The Bertz CT molecular complexity index is 412. The number of halogens is 1. The summed E-state index contributed by atoms with van der Waals surface area (Å²) in [6.07, 6.45) is 2.61. The van der Waals surface area contributed by atoms with Crippen LogP contribution in [-0.4, -0.2) is 29.4 Å². The fourth-order valence-electron chi connectivity index (χ4n) is 1.62. The molecule has 5 heteroatoms. The van der Waals surface area contributed by atoms with Crippen LogP contribution in [0, 0.1) is 0 Å². The normalized spacial score (nSPS) is 14.2. The molecule has 0 aliphatic heterocycles. The Morgan fingerprint density at radius 2 is 2.22 bits per heavy atom. The molecular formula is C13H20ClNO2S. The number of hydrogen-bond donors (Lipinski definition) is 1. The van der Waals surface area contributed by atoms with Gasteiger partial charge in [0.15, 0.2) is 0 Å². The standard InChI is InChI=1S/C13H20ClNO2S/c1-10(7-8-18(3)16)15-9-11-12(14)5-4-6-13(11)17-2/h4-6,10,15H,7-9H2,1-3H3. The molecule has 0 saturated carbocycles. The summed E-state index contributed by atoms with van der Waals surface area (Å²) in [6.45, 7) is 2.73. The quantitative estimate of drug-likeness (QED) is 0.838. The number of nitrogens with one attached hydrogen (secondary N) is 1. The smallest absolute Gasteiger partial charge is 0.124 e. The van der Waals surface area contributed by atoms with E-state index in [0.717, 1.165) is 17.7 Å². The van der Waals surface area contributed by atoms with E-state index >= 15 is 0 Å². The number of methoxy groups -OCH3 is 1. The highest BCUT2D eigenvalue weighted by molar-refractivity contribution is 7.84. The first kappa shape index (κ1) is 15.5. The van der Waals surface area contributed by atoms with Gasteiger partial charge in [-0.05, 0) is 25.5 Å². The molecule has 1 aromatic rings. The molecule has 102 valence electrons. The van der Waals surface area contributed by atoms with Crippen LogP contribution in [0.15, 0.2) is 18.2 Å². The van der Waals surface area contributed by atoms with Crippen LogP contribution in [0.25, 0.3) is 0 Å². The Hall–Kier alpha value is -0.580. The van der Waals surface area contributed by atoms with Gasteiger partial charge in [0.05, 0.1) is 7.11 Å². The number of hydrogen-bond acceptors (Lipinski definition) is 3. The number of benzene rings is 1. The van der Waals surface area contributed by atoms with Crippen LogP contribution >= 0.6 is 11.6 Å². The van der Waals surface area contributed by atoms with Crippen LogP contribution in [0.5, 0.6) is 5.75 Å². The molecule has 1 N–H and O–H groups in total. The van der Waals surface area contributed by atoms with Crippen LogP contribution in [0.4, 0.5) is 0 Å². The van der Waals surface area contributed by atoms with Gasteiger partial charge in [-0.1, -0.05) is 17.7 Å². The summed E-state index contributed by atoms with van der Waals surface area (Å²) >= 11 is 6.15. The van der Waals surface area contributed by atoms with Gasteiger partial charge >= 0.3 is 0 Å². The molecule has 0 aromatic heterocycles. The Balaban J connectivity index is 2.55. The van der Waals surface area contributed by atoms with E-state index in [-0.39, 0.29) is 0 Å². The zero-order valence-electron chi connectivity index (χ0n) is 11.0. The summed E-state index contributed by atoms with van der Waals surface area (Å²) in [6, 6.07) is 5.92. The Kier molecular flexibility index (Phi) is 6.68. The molecular weight excluding hydrogens is 270 g/mol. The molecule has 0 bridgehead atoms. The van der Waals surface area contributed by atoms with Crippen molar-refractivity contribution in [1.29, 1.82) is 0 Å². The van der Waals surface area contributed by atoms with Gasteiger partial charge in [0.1, 0.15) is 5.75 Å². The molecule has 0 radical (unpaired) electrons. The van der Waals surface area contributed by atoms with Crippen LogP contribution in [-0.2, 0) is 17.3 Å². The SMILES string of the molecule is COc1cccc(Cl)c1CNC(C)CCS(C)=O. The molecule has 2 unspecified atom stereocenters. The molecule has 18 heavy (non-hydrogen) atoms. The molecule has 0 saturated heterocycles. The summed E-state index contributed by atoms with van der Waals surface area (Å²) in [7, 11) is 0.902. The molecule has 0 heterocycles. The Morgan fingerprint density at radius 1 is 1.50 bits per heavy atom. The molecule has 0 aliphatic rings. The topological polar surface area (TPSA) is 38.3 Å². The maximum Gasteiger partial charge on any atom is 0.124 e. The molecule has 0 amide bonds. The molecule has 2 atom stereocenters. The van der Waals surface area contributed by atoms with E-state index in [1.165, 1.54) is 0 Å². The second-order valence-corrected chi connectivity index (χ2v) is 6.23. The maximum absolute atomic E-state index is 11.0. The first-order valence-corrected chi connectivity index (χ1v) is 8.00. The van der Waals surface area contributed by atoms with Crippen molar-refractivity contribution in [3.8, 4) is 5.75 Å². The van der Waals surface area contributed by atoms with Crippen molar-refractivity contribution < 1.29 is 8.95 Å². The summed E-state index contributed by atoms with van der Waals surface area (Å²) in [5, 5.41) is 4.07. The molecule has 0 aliphatic carbocycles. The minimum Gasteiger partial charge on any atom is -0.496 e. The van der Waals surface area contributed by atoms with Gasteiger partial charge in [-0.15, -0.1) is 0 Å². The largest absolute Gasteiger partial charge is 0.496 e. The molecule has 1 rings (SSSR count). The van der Waals surface area contributed by atoms with Gasteiger partial charge in [-0.3, -0.25) is 4.21 Å². The van der Waals surface area contributed by atoms with Gasteiger partial charge in [0, 0.05) is 46.0 Å². The van der Waals surface area contributed by atoms with Gasteiger partial charge in [-0.2, -0.15) is 0 Å². The van der Waals surface area contributed by atoms with E-state index in [1.807, 2.05) is 18.2 Å². The van der Waals surface area contributed by atoms with E-state index < -0.39 is 10.8 Å². The maximum atomic E-state index is 11.0. The first-order valence-electron chi connectivity index (χ1n) is 5.89. The average molecular weight is 290 g/mol. The Morgan fingerprint density at radius 3 is 2.83 bits per heavy atom. The summed E-state index contributed by atoms with van der Waals surface area (Å²) in [4.78, 5) is 0. The van der Waals surface area contributed by atoms with E-state index in [0.29, 0.717) is 23.4 Å². The highest BCUT2D eigenvalue weighted by Gasteiger charge is 2.09. The molecule has 0 spiro atoms. The van der Waals surface area contributed by atoms with Gasteiger partial charge in [0.2, 0.25) is 0 Å². The molecule has 0 fully saturated rings. The average Bonchev–Trinajstić information content (AvgIpc) is 2.34. The summed E-state index contributed by atoms with van der Waals surface area (Å²) in [5.41, 5.74) is 0.964. The van der Waals surface area contributed by atoms with Crippen LogP contribution in [0.2, 0.25) is 5.02 Å². The van der Waals surface area contributed by atoms with Crippen molar-refractivity contribution in [2.24, 2.45) is 0 Å². The lowest BCUT2D eigenvalue weighted by molar-refractivity contribution is 0.405. The minimum absolute atomic E-state index is 0.301. The van der Waals surface area contributed by atoms with Crippen LogP contribution < -0.4 is 10.1 Å². The fourth-order valence-corrected chi connectivity index (χ4v) is 2.54. The van der Waals surface area contributed by atoms with Crippen LogP contribution in [0.3, 0.4) is 0 Å². The van der Waals surface area contributed by atoms with Crippen LogP contribution in [0.1, 0.15) is 18.9 Å². The third kappa shape index (κ3) is 4.96. The zero-order chi connectivity index (χ0) is 13.5. The van der Waals surface area contributed by atoms with Gasteiger partial charge in [-0.25, -0.2) is 0 Å².